The Balaban J connectivity index is 2.41. The van der Waals surface area contributed by atoms with Crippen molar-refractivity contribution < 1.29 is 29.7 Å². The van der Waals surface area contributed by atoms with Crippen LogP contribution in [0.4, 0.5) is 0 Å². The molecule has 6 nitrogen and oxygen atoms in total. The van der Waals surface area contributed by atoms with Gasteiger partial charge in [0.2, 0.25) is 5.79 Å². The maximum absolute atomic E-state index is 8.32. The van der Waals surface area contributed by atoms with Crippen molar-refractivity contribution in [3.63, 3.8) is 0 Å². The molecular formula is C25H48O6. The third kappa shape index (κ3) is 16.7. The summed E-state index contributed by atoms with van der Waals surface area (Å²) in [6.07, 6.45) is 19.8. The number of rotatable bonds is 16. The van der Waals surface area contributed by atoms with Gasteiger partial charge in [-0.3, -0.25) is 5.26 Å². The second-order valence-corrected chi connectivity index (χ2v) is 9.06. The van der Waals surface area contributed by atoms with E-state index in [0.29, 0.717) is 19.8 Å². The van der Waals surface area contributed by atoms with E-state index in [1.165, 1.54) is 44.9 Å². The Bertz CT molecular complexity index is 403. The summed E-state index contributed by atoms with van der Waals surface area (Å²) in [7, 11) is 0. The summed E-state index contributed by atoms with van der Waals surface area (Å²) >= 11 is 0. The normalized spacial score (nSPS) is 18.3. The van der Waals surface area contributed by atoms with Gasteiger partial charge in [-0.1, -0.05) is 76.2 Å². The molecule has 1 rings (SSSR count). The molecule has 0 atom stereocenters. The van der Waals surface area contributed by atoms with Gasteiger partial charge in [0.15, 0.2) is 0 Å². The third-order valence-electron chi connectivity index (χ3n) is 5.86. The molecule has 0 radical (unpaired) electrons. The van der Waals surface area contributed by atoms with Crippen molar-refractivity contribution in [2.45, 2.75) is 128 Å². The first kappa shape index (κ1) is 28.5. The van der Waals surface area contributed by atoms with Crippen molar-refractivity contribution in [1.29, 1.82) is 0 Å². The molecule has 1 fully saturated rings. The lowest BCUT2D eigenvalue weighted by molar-refractivity contribution is -0.514. The van der Waals surface area contributed by atoms with Crippen LogP contribution < -0.4 is 0 Å². The van der Waals surface area contributed by atoms with Gasteiger partial charge in [-0.2, -0.15) is 9.78 Å². The molecule has 0 spiro atoms. The highest BCUT2D eigenvalue weighted by atomic mass is 17.3. The number of hydrogen-bond acceptors (Lipinski definition) is 6. The van der Waals surface area contributed by atoms with Crippen molar-refractivity contribution in [2.24, 2.45) is 0 Å². The van der Waals surface area contributed by atoms with Crippen molar-refractivity contribution in [3.8, 4) is 0 Å². The Morgan fingerprint density at radius 3 is 1.65 bits per heavy atom. The summed E-state index contributed by atoms with van der Waals surface area (Å²) in [6, 6.07) is 0. The first-order chi connectivity index (χ1) is 15.2. The minimum atomic E-state index is -0.807. The van der Waals surface area contributed by atoms with Crippen molar-refractivity contribution in [1.82, 2.24) is 0 Å². The Labute approximate surface area is 190 Å². The average molecular weight is 445 g/mol. The lowest BCUT2D eigenvalue weighted by atomic mass is 9.97. The van der Waals surface area contributed by atoms with Crippen molar-refractivity contribution >= 4 is 0 Å². The minimum Gasteiger partial charge on any atom is -0.252 e. The molecule has 1 aliphatic rings. The molecule has 0 amide bonds. The summed E-state index contributed by atoms with van der Waals surface area (Å²) in [4.78, 5) is 27.1. The smallest absolute Gasteiger partial charge is 0.233 e. The van der Waals surface area contributed by atoms with Crippen LogP contribution >= 0.6 is 0 Å². The Hall–Kier alpha value is -0.500. The van der Waals surface area contributed by atoms with E-state index in [0.717, 1.165) is 76.2 Å². The molecule has 0 aromatic heterocycles. The Morgan fingerprint density at radius 2 is 1.13 bits per heavy atom. The quantitative estimate of drug-likeness (QED) is 0.0865. The Morgan fingerprint density at radius 1 is 0.677 bits per heavy atom. The van der Waals surface area contributed by atoms with E-state index in [4.69, 9.17) is 24.8 Å². The van der Waals surface area contributed by atoms with Crippen LogP contribution in [0.5, 0.6) is 0 Å². The second-order valence-electron chi connectivity index (χ2n) is 9.06. The zero-order valence-corrected chi connectivity index (χ0v) is 20.0. The molecule has 0 saturated heterocycles. The molecule has 1 aliphatic carbocycles. The van der Waals surface area contributed by atoms with E-state index in [9.17, 15) is 0 Å². The molecule has 0 heterocycles. The topological polar surface area (TPSA) is 66.4 Å². The van der Waals surface area contributed by atoms with Crippen LogP contribution in [-0.4, -0.2) is 30.9 Å². The van der Waals surface area contributed by atoms with Gasteiger partial charge in [-0.05, 0) is 39.0 Å². The van der Waals surface area contributed by atoms with Crippen LogP contribution in [0.25, 0.3) is 0 Å². The highest BCUT2D eigenvalue weighted by molar-refractivity contribution is 4.86. The summed E-state index contributed by atoms with van der Waals surface area (Å²) in [6.45, 7) is 7.40. The van der Waals surface area contributed by atoms with Crippen LogP contribution in [0, 0.1) is 0 Å². The number of hydrogen-bond donors (Lipinski definition) is 1. The summed E-state index contributed by atoms with van der Waals surface area (Å²) in [5.41, 5.74) is 1.08. The maximum Gasteiger partial charge on any atom is 0.233 e. The molecule has 31 heavy (non-hydrogen) atoms. The predicted octanol–water partition coefficient (Wildman–Crippen LogP) is 7.68. The van der Waals surface area contributed by atoms with Crippen molar-refractivity contribution in [3.05, 3.63) is 12.2 Å². The molecule has 0 bridgehead atoms. The fourth-order valence-corrected chi connectivity index (χ4v) is 3.88. The first-order valence-electron chi connectivity index (χ1n) is 12.7. The molecule has 1 N–H and O–H groups in total. The van der Waals surface area contributed by atoms with Crippen molar-refractivity contribution in [2.75, 3.05) is 19.8 Å². The van der Waals surface area contributed by atoms with Gasteiger partial charge in [0.05, 0.1) is 19.8 Å². The average Bonchev–Trinajstić information content (AvgIpc) is 2.75. The standard InChI is InChI=1S/C25H48O6/c1-24(2)18-23-29-31-25(19-14-10-6-4-3-5-7-11-15-20-25)30-28-22-17-13-9-8-12-16-21-27-26/h26H,1,3-23H2,2H3. The summed E-state index contributed by atoms with van der Waals surface area (Å²) < 4.78 is 0. The van der Waals surface area contributed by atoms with Crippen LogP contribution in [0.15, 0.2) is 12.2 Å². The van der Waals surface area contributed by atoms with E-state index >= 15 is 0 Å². The maximum atomic E-state index is 8.32. The highest BCUT2D eigenvalue weighted by Crippen LogP contribution is 2.30. The van der Waals surface area contributed by atoms with Gasteiger partial charge in [-0.15, -0.1) is 6.58 Å². The summed E-state index contributed by atoms with van der Waals surface area (Å²) in [5.74, 6) is -0.807. The third-order valence-corrected chi connectivity index (χ3v) is 5.86. The number of unbranched alkanes of at least 4 members (excludes halogenated alkanes) is 5. The fraction of sp³-hybridized carbons (Fsp3) is 0.920. The molecular weight excluding hydrogens is 396 g/mol. The van der Waals surface area contributed by atoms with Crippen LogP contribution in [0.1, 0.15) is 122 Å². The fourth-order valence-electron chi connectivity index (χ4n) is 3.88. The molecule has 184 valence electrons. The molecule has 0 aromatic carbocycles. The zero-order chi connectivity index (χ0) is 22.5. The Kier molecular flexibility index (Phi) is 18.5. The monoisotopic (exact) mass is 444 g/mol. The lowest BCUT2D eigenvalue weighted by Gasteiger charge is -2.31. The molecule has 0 aliphatic heterocycles. The minimum absolute atomic E-state index is 0.424. The summed E-state index contributed by atoms with van der Waals surface area (Å²) in [5, 5.41) is 8.32. The van der Waals surface area contributed by atoms with Gasteiger partial charge in [0.25, 0.3) is 0 Å². The molecule has 1 saturated carbocycles. The predicted molar refractivity (Wildman–Crippen MR) is 123 cm³/mol. The van der Waals surface area contributed by atoms with E-state index < -0.39 is 5.79 Å². The van der Waals surface area contributed by atoms with Crippen LogP contribution in [-0.2, 0) is 24.4 Å². The zero-order valence-electron chi connectivity index (χ0n) is 20.0. The van der Waals surface area contributed by atoms with E-state index in [1.807, 2.05) is 6.92 Å². The lowest BCUT2D eigenvalue weighted by Crippen LogP contribution is -2.37. The van der Waals surface area contributed by atoms with Crippen LogP contribution in [0.2, 0.25) is 0 Å². The van der Waals surface area contributed by atoms with Gasteiger partial charge in [0, 0.05) is 12.8 Å². The van der Waals surface area contributed by atoms with Crippen LogP contribution in [0.3, 0.4) is 0 Å². The molecule has 6 heteroatoms. The molecule has 0 unspecified atom stereocenters. The van der Waals surface area contributed by atoms with Gasteiger partial charge in [-0.25, -0.2) is 14.7 Å². The van der Waals surface area contributed by atoms with Gasteiger partial charge >= 0.3 is 0 Å². The van der Waals surface area contributed by atoms with Gasteiger partial charge < -0.3 is 0 Å². The SMILES string of the molecule is C=C(C)CCOOC1(OOCCCCCCCCOO)CCCCCCCCCCC1. The second kappa shape index (κ2) is 20.1. The largest absolute Gasteiger partial charge is 0.252 e. The van der Waals surface area contributed by atoms with E-state index in [2.05, 4.69) is 11.5 Å². The first-order valence-corrected chi connectivity index (χ1v) is 12.7. The van der Waals surface area contributed by atoms with E-state index in [-0.39, 0.29) is 0 Å². The van der Waals surface area contributed by atoms with E-state index in [1.54, 1.807) is 0 Å². The highest BCUT2D eigenvalue weighted by Gasteiger charge is 2.35. The van der Waals surface area contributed by atoms with Gasteiger partial charge in [0.1, 0.15) is 0 Å². The molecule has 0 aromatic rings.